The van der Waals surface area contributed by atoms with Crippen molar-refractivity contribution < 1.29 is 4.79 Å². The van der Waals surface area contributed by atoms with E-state index in [1.165, 1.54) is 6.08 Å². The molecule has 0 bridgehead atoms. The molecule has 0 radical (unpaired) electrons. The highest BCUT2D eigenvalue weighted by Gasteiger charge is 2.07. The fourth-order valence-corrected chi connectivity index (χ4v) is 1.39. The monoisotopic (exact) mass is 234 g/mol. The van der Waals surface area contributed by atoms with E-state index in [4.69, 9.17) is 0 Å². The van der Waals surface area contributed by atoms with Gasteiger partial charge in [-0.3, -0.25) is 14.8 Å². The Morgan fingerprint density at radius 2 is 2.35 bits per heavy atom. The Bertz CT molecular complexity index is 393. The number of hydrazone groups is 1. The molecule has 1 aliphatic heterocycles. The number of nitrogens with zero attached hydrogens (tertiary/aromatic N) is 3. The van der Waals surface area contributed by atoms with Gasteiger partial charge in [-0.1, -0.05) is 6.08 Å². The van der Waals surface area contributed by atoms with Crippen molar-refractivity contribution in [2.24, 2.45) is 10.1 Å². The second kappa shape index (κ2) is 6.62. The van der Waals surface area contributed by atoms with Gasteiger partial charge in [0.05, 0.1) is 12.3 Å². The summed E-state index contributed by atoms with van der Waals surface area (Å²) in [6, 6.07) is 0. The third-order valence-electron chi connectivity index (χ3n) is 2.23. The maximum absolute atomic E-state index is 11.4. The van der Waals surface area contributed by atoms with Crippen LogP contribution in [0.1, 0.15) is 6.92 Å². The number of hydrogen-bond acceptors (Lipinski definition) is 4. The minimum absolute atomic E-state index is 0.107. The third-order valence-corrected chi connectivity index (χ3v) is 2.23. The summed E-state index contributed by atoms with van der Waals surface area (Å²) in [7, 11) is 3.58. The lowest BCUT2D eigenvalue weighted by Gasteiger charge is -2.13. The molecule has 1 aliphatic rings. The molecule has 0 fully saturated rings. The van der Waals surface area contributed by atoms with Gasteiger partial charge in [0.2, 0.25) is 5.91 Å². The minimum Gasteiger partial charge on any atom is -0.351 e. The van der Waals surface area contributed by atoms with Gasteiger partial charge in [0.1, 0.15) is 5.71 Å². The lowest BCUT2D eigenvalue weighted by atomic mass is 10.2. The normalized spacial score (nSPS) is 23.5. The smallest absolute Gasteiger partial charge is 0.244 e. The van der Waals surface area contributed by atoms with Crippen molar-refractivity contribution in [3.63, 3.8) is 0 Å². The predicted molar refractivity (Wildman–Crippen MR) is 70.4 cm³/mol. The van der Waals surface area contributed by atoms with Crippen molar-refractivity contribution in [3.8, 4) is 0 Å². The Labute approximate surface area is 102 Å². The number of amides is 1. The molecule has 1 amide bonds. The molecule has 0 saturated heterocycles. The number of hydrogen-bond donors (Lipinski definition) is 1. The molecule has 92 valence electrons. The molecular weight excluding hydrogens is 216 g/mol. The molecule has 0 aromatic rings. The first kappa shape index (κ1) is 13.2. The molecule has 5 heteroatoms. The van der Waals surface area contributed by atoms with Crippen molar-refractivity contribution in [2.75, 3.05) is 27.2 Å². The summed E-state index contributed by atoms with van der Waals surface area (Å²) >= 11 is 0. The zero-order valence-electron chi connectivity index (χ0n) is 10.5. The topological polar surface area (TPSA) is 57.1 Å². The van der Waals surface area contributed by atoms with Crippen molar-refractivity contribution in [2.45, 2.75) is 6.92 Å². The molecule has 0 unspecified atom stereocenters. The van der Waals surface area contributed by atoms with Crippen LogP contribution in [0.2, 0.25) is 0 Å². The molecule has 1 rings (SSSR count). The van der Waals surface area contributed by atoms with Crippen molar-refractivity contribution in [1.29, 1.82) is 0 Å². The van der Waals surface area contributed by atoms with Crippen LogP contribution in [0.5, 0.6) is 0 Å². The van der Waals surface area contributed by atoms with Crippen LogP contribution in [0.15, 0.2) is 34.4 Å². The molecule has 5 nitrogen and oxygen atoms in total. The Kier molecular flexibility index (Phi) is 5.13. The van der Waals surface area contributed by atoms with Crippen LogP contribution in [0.3, 0.4) is 0 Å². The summed E-state index contributed by atoms with van der Waals surface area (Å²) in [5, 5.41) is 8.97. The van der Waals surface area contributed by atoms with E-state index in [2.05, 4.69) is 15.4 Å². The number of carbonyl (C=O) groups excluding carboxylic acids is 1. The summed E-state index contributed by atoms with van der Waals surface area (Å²) in [6.45, 7) is 3.17. The fourth-order valence-electron chi connectivity index (χ4n) is 1.39. The van der Waals surface area contributed by atoms with Gasteiger partial charge < -0.3 is 5.32 Å². The zero-order valence-corrected chi connectivity index (χ0v) is 10.5. The molecule has 0 aromatic heterocycles. The molecule has 17 heavy (non-hydrogen) atoms. The zero-order chi connectivity index (χ0) is 12.7. The summed E-state index contributed by atoms with van der Waals surface area (Å²) in [5.41, 5.74) is 1.44. The van der Waals surface area contributed by atoms with Crippen molar-refractivity contribution >= 4 is 17.3 Å². The van der Waals surface area contributed by atoms with E-state index in [0.29, 0.717) is 18.8 Å². The molecular formula is C12H18N4O. The maximum atomic E-state index is 11.4. The third kappa shape index (κ3) is 4.22. The number of allylic oxidation sites excluding steroid dienone is 3. The lowest BCUT2D eigenvalue weighted by molar-refractivity contribution is -0.116. The Morgan fingerprint density at radius 1 is 1.59 bits per heavy atom. The first-order valence-corrected chi connectivity index (χ1v) is 5.53. The lowest BCUT2D eigenvalue weighted by Crippen LogP contribution is -2.29. The van der Waals surface area contributed by atoms with Crippen LogP contribution in [0.4, 0.5) is 0 Å². The molecule has 0 aliphatic carbocycles. The molecule has 0 spiro atoms. The number of carbonyl (C=O) groups is 1. The van der Waals surface area contributed by atoms with Crippen LogP contribution in [0, 0.1) is 0 Å². The van der Waals surface area contributed by atoms with E-state index in [1.54, 1.807) is 18.1 Å². The molecule has 1 N–H and O–H groups in total. The van der Waals surface area contributed by atoms with Crippen molar-refractivity contribution in [3.05, 3.63) is 24.3 Å². The van der Waals surface area contributed by atoms with E-state index in [-0.39, 0.29) is 5.91 Å². The second-order valence-electron chi connectivity index (χ2n) is 3.60. The largest absolute Gasteiger partial charge is 0.351 e. The minimum atomic E-state index is -0.107. The van der Waals surface area contributed by atoms with E-state index in [0.717, 1.165) is 5.71 Å². The van der Waals surface area contributed by atoms with Crippen LogP contribution >= 0.6 is 0 Å². The van der Waals surface area contributed by atoms with Gasteiger partial charge >= 0.3 is 0 Å². The van der Waals surface area contributed by atoms with E-state index < -0.39 is 0 Å². The van der Waals surface area contributed by atoms with Crippen LogP contribution in [-0.4, -0.2) is 49.5 Å². The van der Waals surface area contributed by atoms with Gasteiger partial charge in [-0.2, -0.15) is 5.10 Å². The van der Waals surface area contributed by atoms with Crippen LogP contribution in [-0.2, 0) is 4.79 Å². The Balaban J connectivity index is 3.04. The van der Waals surface area contributed by atoms with Gasteiger partial charge in [-0.25, -0.2) is 0 Å². The second-order valence-corrected chi connectivity index (χ2v) is 3.60. The molecule has 0 atom stereocenters. The quantitative estimate of drug-likeness (QED) is 0.712. The average molecular weight is 234 g/mol. The fraction of sp³-hybridized carbons (Fsp3) is 0.417. The van der Waals surface area contributed by atoms with E-state index >= 15 is 0 Å². The Hall–Kier alpha value is -1.91. The molecule has 0 saturated carbocycles. The summed E-state index contributed by atoms with van der Waals surface area (Å²) < 4.78 is 0. The number of rotatable bonds is 2. The molecule has 1 heterocycles. The van der Waals surface area contributed by atoms with Gasteiger partial charge in [-0.05, 0) is 19.1 Å². The molecule has 0 aromatic carbocycles. The predicted octanol–water partition coefficient (Wildman–Crippen LogP) is 0.607. The first-order chi connectivity index (χ1) is 8.17. The highest BCUT2D eigenvalue weighted by atomic mass is 16.1. The van der Waals surface area contributed by atoms with E-state index in [9.17, 15) is 4.79 Å². The van der Waals surface area contributed by atoms with Gasteiger partial charge in [0.15, 0.2) is 0 Å². The van der Waals surface area contributed by atoms with Crippen molar-refractivity contribution in [1.82, 2.24) is 10.3 Å². The maximum Gasteiger partial charge on any atom is 0.244 e. The summed E-state index contributed by atoms with van der Waals surface area (Å²) in [4.78, 5) is 15.5. The van der Waals surface area contributed by atoms with Crippen LogP contribution < -0.4 is 5.32 Å². The standard InChI is InChI=1S/C12H18N4O/c1-4-5-10(13-2)11-6-7-12(17)14-8-9-16(3)15-11/h4-7H,8-9H2,1-3H3,(H,14,17)/b5-4-,7-6+,13-10?,15-11+. The summed E-state index contributed by atoms with van der Waals surface area (Å²) in [5.74, 6) is -0.107. The van der Waals surface area contributed by atoms with Crippen LogP contribution in [0.25, 0.3) is 0 Å². The highest BCUT2D eigenvalue weighted by molar-refractivity contribution is 6.50. The summed E-state index contributed by atoms with van der Waals surface area (Å²) in [6.07, 6.45) is 6.92. The number of nitrogens with one attached hydrogen (secondary N) is 1. The van der Waals surface area contributed by atoms with Gasteiger partial charge in [-0.15, -0.1) is 0 Å². The Morgan fingerprint density at radius 3 is 3.00 bits per heavy atom. The first-order valence-electron chi connectivity index (χ1n) is 5.53. The number of likely N-dealkylation sites (N-methyl/N-ethyl adjacent to an activating group) is 1. The van der Waals surface area contributed by atoms with Gasteiger partial charge in [0, 0.05) is 26.7 Å². The highest BCUT2D eigenvalue weighted by Crippen LogP contribution is 1.96. The SMILES string of the molecule is C/C=C\C(=NC)C1=N/N(C)CCNC(=O)\C=C\1. The van der Waals surface area contributed by atoms with E-state index in [1.807, 2.05) is 26.1 Å². The van der Waals surface area contributed by atoms with Gasteiger partial charge in [0.25, 0.3) is 0 Å². The number of aliphatic imine (C=N–C) groups is 1. The average Bonchev–Trinajstić information content (AvgIpc) is 2.38.